The number of pyridine rings is 1. The highest BCUT2D eigenvalue weighted by Gasteiger charge is 2.19. The molecule has 0 aliphatic heterocycles. The molecule has 0 aliphatic rings. The number of rotatable bonds is 7. The average molecular weight is 432 g/mol. The lowest BCUT2D eigenvalue weighted by atomic mass is 10.1. The second-order valence-electron chi connectivity index (χ2n) is 7.24. The molecule has 4 rings (SSSR count). The van der Waals surface area contributed by atoms with Crippen molar-refractivity contribution in [3.8, 4) is 17.2 Å². The minimum absolute atomic E-state index is 0.320. The standard InChI is InChI=1S/C24H24N4O4/c1-15-19-12-18(13-25-23(19)28(2)27-15)26-24(29)17-10-20(30-3)22(21(11-17)31-4)32-14-16-8-6-5-7-9-16/h5-13H,14H2,1-4H3,(H,26,29). The van der Waals surface area contributed by atoms with Crippen molar-refractivity contribution < 1.29 is 19.0 Å². The van der Waals surface area contributed by atoms with Gasteiger partial charge in [0.2, 0.25) is 5.75 Å². The number of ether oxygens (including phenoxy) is 3. The number of carbonyl (C=O) groups is 1. The molecule has 0 saturated heterocycles. The summed E-state index contributed by atoms with van der Waals surface area (Å²) < 4.78 is 18.6. The normalized spacial score (nSPS) is 10.8. The molecule has 0 spiro atoms. The summed E-state index contributed by atoms with van der Waals surface area (Å²) in [6.45, 7) is 2.24. The monoisotopic (exact) mass is 432 g/mol. The molecule has 8 heteroatoms. The van der Waals surface area contributed by atoms with Gasteiger partial charge in [-0.05, 0) is 30.7 Å². The molecule has 0 radical (unpaired) electrons. The maximum Gasteiger partial charge on any atom is 0.255 e. The fourth-order valence-corrected chi connectivity index (χ4v) is 3.46. The highest BCUT2D eigenvalue weighted by atomic mass is 16.5. The number of hydrogen-bond acceptors (Lipinski definition) is 6. The third-order valence-electron chi connectivity index (χ3n) is 5.07. The molecular weight excluding hydrogens is 408 g/mol. The van der Waals surface area contributed by atoms with E-state index in [1.165, 1.54) is 14.2 Å². The van der Waals surface area contributed by atoms with E-state index in [1.54, 1.807) is 23.0 Å². The Morgan fingerprint density at radius 2 is 1.75 bits per heavy atom. The number of hydrogen-bond donors (Lipinski definition) is 1. The number of benzene rings is 2. The number of methoxy groups -OCH3 is 2. The van der Waals surface area contributed by atoms with E-state index >= 15 is 0 Å². The maximum absolute atomic E-state index is 13.0. The molecule has 0 aliphatic carbocycles. The van der Waals surface area contributed by atoms with Gasteiger partial charge in [-0.1, -0.05) is 30.3 Å². The molecule has 1 amide bonds. The van der Waals surface area contributed by atoms with Crippen molar-refractivity contribution >= 4 is 22.6 Å². The van der Waals surface area contributed by atoms with Crippen LogP contribution in [0.25, 0.3) is 11.0 Å². The fraction of sp³-hybridized carbons (Fsp3) is 0.208. The van der Waals surface area contributed by atoms with Gasteiger partial charge < -0.3 is 19.5 Å². The maximum atomic E-state index is 13.0. The molecule has 0 fully saturated rings. The van der Waals surface area contributed by atoms with Gasteiger partial charge >= 0.3 is 0 Å². The lowest BCUT2D eigenvalue weighted by Crippen LogP contribution is -2.13. The molecule has 0 saturated carbocycles. The second-order valence-corrected chi connectivity index (χ2v) is 7.24. The molecule has 0 atom stereocenters. The lowest BCUT2D eigenvalue weighted by molar-refractivity contribution is 0.102. The minimum Gasteiger partial charge on any atom is -0.493 e. The third kappa shape index (κ3) is 4.20. The first-order valence-electron chi connectivity index (χ1n) is 10.0. The molecule has 0 unspecified atom stereocenters. The van der Waals surface area contributed by atoms with Gasteiger partial charge in [0.05, 0.1) is 31.8 Å². The second kappa shape index (κ2) is 8.97. The van der Waals surface area contributed by atoms with E-state index in [2.05, 4.69) is 15.4 Å². The average Bonchev–Trinajstić information content (AvgIpc) is 3.10. The van der Waals surface area contributed by atoms with Crippen molar-refractivity contribution in [1.82, 2.24) is 14.8 Å². The smallest absolute Gasteiger partial charge is 0.255 e. The van der Waals surface area contributed by atoms with Crippen molar-refractivity contribution in [2.45, 2.75) is 13.5 Å². The first-order chi connectivity index (χ1) is 15.5. The topological polar surface area (TPSA) is 87.5 Å². The molecule has 32 heavy (non-hydrogen) atoms. The van der Waals surface area contributed by atoms with Crippen LogP contribution in [0.4, 0.5) is 5.69 Å². The number of anilines is 1. The summed E-state index contributed by atoms with van der Waals surface area (Å²) in [6, 6.07) is 14.9. The highest BCUT2D eigenvalue weighted by Crippen LogP contribution is 2.39. The van der Waals surface area contributed by atoms with E-state index in [0.29, 0.717) is 35.1 Å². The van der Waals surface area contributed by atoms with Gasteiger partial charge in [0.15, 0.2) is 17.1 Å². The van der Waals surface area contributed by atoms with Crippen LogP contribution in [0.2, 0.25) is 0 Å². The molecule has 1 N–H and O–H groups in total. The summed E-state index contributed by atoms with van der Waals surface area (Å²) >= 11 is 0. The molecular formula is C24H24N4O4. The van der Waals surface area contributed by atoms with Crippen LogP contribution in [0.5, 0.6) is 17.2 Å². The fourth-order valence-electron chi connectivity index (χ4n) is 3.46. The van der Waals surface area contributed by atoms with Gasteiger partial charge in [-0.25, -0.2) is 4.98 Å². The van der Waals surface area contributed by atoms with E-state index in [4.69, 9.17) is 14.2 Å². The van der Waals surface area contributed by atoms with E-state index < -0.39 is 0 Å². The zero-order valence-corrected chi connectivity index (χ0v) is 18.4. The van der Waals surface area contributed by atoms with Crippen molar-refractivity contribution in [1.29, 1.82) is 0 Å². The predicted molar refractivity (Wildman–Crippen MR) is 122 cm³/mol. The van der Waals surface area contributed by atoms with Gasteiger partial charge in [-0.3, -0.25) is 9.48 Å². The van der Waals surface area contributed by atoms with Crippen LogP contribution in [0.3, 0.4) is 0 Å². The van der Waals surface area contributed by atoms with Crippen molar-refractivity contribution in [3.63, 3.8) is 0 Å². The first kappa shape index (κ1) is 21.2. The van der Waals surface area contributed by atoms with Crippen LogP contribution in [0.1, 0.15) is 21.6 Å². The van der Waals surface area contributed by atoms with E-state index in [1.807, 2.05) is 50.4 Å². The Kier molecular flexibility index (Phi) is 5.93. The van der Waals surface area contributed by atoms with Crippen LogP contribution in [-0.4, -0.2) is 34.9 Å². The number of carbonyl (C=O) groups excluding carboxylic acids is 1. The number of nitrogens with zero attached hydrogens (tertiary/aromatic N) is 3. The predicted octanol–water partition coefficient (Wildman–Crippen LogP) is 4.13. The number of fused-ring (bicyclic) bond motifs is 1. The summed E-state index contributed by atoms with van der Waals surface area (Å²) in [4.78, 5) is 17.4. The molecule has 164 valence electrons. The Morgan fingerprint density at radius 3 is 2.41 bits per heavy atom. The largest absolute Gasteiger partial charge is 0.493 e. The zero-order chi connectivity index (χ0) is 22.7. The van der Waals surface area contributed by atoms with Crippen molar-refractivity contribution in [3.05, 3.63) is 71.5 Å². The molecule has 2 aromatic carbocycles. The Morgan fingerprint density at radius 1 is 1.06 bits per heavy atom. The van der Waals surface area contributed by atoms with E-state index in [9.17, 15) is 4.79 Å². The van der Waals surface area contributed by atoms with Gasteiger partial charge in [0.25, 0.3) is 5.91 Å². The zero-order valence-electron chi connectivity index (χ0n) is 18.4. The number of aryl methyl sites for hydroxylation is 2. The summed E-state index contributed by atoms with van der Waals surface area (Å²) in [7, 11) is 4.88. The molecule has 0 bridgehead atoms. The van der Waals surface area contributed by atoms with Crippen LogP contribution >= 0.6 is 0 Å². The van der Waals surface area contributed by atoms with Crippen molar-refractivity contribution in [2.24, 2.45) is 7.05 Å². The lowest BCUT2D eigenvalue weighted by Gasteiger charge is -2.16. The number of aromatic nitrogens is 3. The number of nitrogens with one attached hydrogen (secondary N) is 1. The Bertz CT molecular complexity index is 1240. The summed E-state index contributed by atoms with van der Waals surface area (Å²) in [5.74, 6) is 0.924. The first-order valence-corrected chi connectivity index (χ1v) is 10.0. The Hall–Kier alpha value is -4.07. The Balaban J connectivity index is 1.59. The minimum atomic E-state index is -0.320. The van der Waals surface area contributed by atoms with E-state index in [0.717, 1.165) is 22.3 Å². The molecule has 8 nitrogen and oxygen atoms in total. The van der Waals surface area contributed by atoms with Crippen LogP contribution < -0.4 is 19.5 Å². The molecule has 4 aromatic rings. The molecule has 2 aromatic heterocycles. The third-order valence-corrected chi connectivity index (χ3v) is 5.07. The molecule has 2 heterocycles. The summed E-state index contributed by atoms with van der Waals surface area (Å²) in [6.07, 6.45) is 1.60. The van der Waals surface area contributed by atoms with E-state index in [-0.39, 0.29) is 5.91 Å². The van der Waals surface area contributed by atoms with Crippen molar-refractivity contribution in [2.75, 3.05) is 19.5 Å². The van der Waals surface area contributed by atoms with Crippen LogP contribution in [0, 0.1) is 6.92 Å². The van der Waals surface area contributed by atoms with Gasteiger partial charge in [-0.2, -0.15) is 5.10 Å². The summed E-state index contributed by atoms with van der Waals surface area (Å²) in [5, 5.41) is 8.11. The van der Waals surface area contributed by atoms with Crippen LogP contribution in [-0.2, 0) is 13.7 Å². The van der Waals surface area contributed by atoms with Crippen LogP contribution in [0.15, 0.2) is 54.7 Å². The SMILES string of the molecule is COc1cc(C(=O)Nc2cnc3c(c2)c(C)nn3C)cc(OC)c1OCc1ccccc1. The Labute approximate surface area is 185 Å². The highest BCUT2D eigenvalue weighted by molar-refractivity contribution is 6.05. The van der Waals surface area contributed by atoms with Gasteiger partial charge in [0, 0.05) is 18.0 Å². The summed E-state index contributed by atoms with van der Waals surface area (Å²) in [5.41, 5.74) is 3.54. The quantitative estimate of drug-likeness (QED) is 0.473. The number of amides is 1. The van der Waals surface area contributed by atoms with Gasteiger partial charge in [0.1, 0.15) is 6.61 Å². The van der Waals surface area contributed by atoms with Gasteiger partial charge in [-0.15, -0.1) is 0 Å².